The molecule has 1 aliphatic heterocycles. The molecule has 0 radical (unpaired) electrons. The van der Waals surface area contributed by atoms with Crippen molar-refractivity contribution in [2.45, 2.75) is 45.3 Å². The molecular formula is C21H26N2O6S. The average Bonchev–Trinajstić information content (AvgIpc) is 2.67. The zero-order chi connectivity index (χ0) is 22.1. The van der Waals surface area contributed by atoms with Crippen molar-refractivity contribution in [2.24, 2.45) is 0 Å². The summed E-state index contributed by atoms with van der Waals surface area (Å²) in [6.07, 6.45) is 0.579. The largest absolute Gasteiger partial charge is 0.478 e. The molecule has 9 heteroatoms. The van der Waals surface area contributed by atoms with E-state index < -0.39 is 28.9 Å². The van der Waals surface area contributed by atoms with Crippen LogP contribution in [0.1, 0.15) is 44.0 Å². The molecule has 3 rings (SSSR count). The van der Waals surface area contributed by atoms with Crippen molar-refractivity contribution in [3.8, 4) is 0 Å². The zero-order valence-electron chi connectivity index (χ0n) is 17.2. The van der Waals surface area contributed by atoms with Crippen molar-refractivity contribution in [3.63, 3.8) is 0 Å². The van der Waals surface area contributed by atoms with Gasteiger partial charge in [-0.3, -0.25) is 8.86 Å². The summed E-state index contributed by atoms with van der Waals surface area (Å²) in [5, 5.41) is 10.6. The molecule has 1 aliphatic rings. The number of hydrogen-bond acceptors (Lipinski definition) is 4. The van der Waals surface area contributed by atoms with Gasteiger partial charge in [-0.1, -0.05) is 24.3 Å². The monoisotopic (exact) mass is 434 g/mol. The van der Waals surface area contributed by atoms with Gasteiger partial charge in [0.2, 0.25) is 0 Å². The van der Waals surface area contributed by atoms with Crippen LogP contribution in [0.3, 0.4) is 0 Å². The van der Waals surface area contributed by atoms with Gasteiger partial charge in [-0.05, 0) is 51.1 Å². The number of hydrogen-bond donors (Lipinski definition) is 2. The number of carboxylic acids is 1. The number of piperidine rings is 1. The van der Waals surface area contributed by atoms with Crippen LogP contribution in [0.25, 0.3) is 10.8 Å². The van der Waals surface area contributed by atoms with E-state index >= 15 is 0 Å². The Labute approximate surface area is 177 Å². The summed E-state index contributed by atoms with van der Waals surface area (Å²) in [6, 6.07) is 9.67. The summed E-state index contributed by atoms with van der Waals surface area (Å²) in [4.78, 5) is 25.5. The Morgan fingerprint density at radius 2 is 1.70 bits per heavy atom. The minimum atomic E-state index is -2.31. The molecule has 0 bridgehead atoms. The Morgan fingerprint density at radius 3 is 2.23 bits per heavy atom. The van der Waals surface area contributed by atoms with Crippen LogP contribution >= 0.6 is 0 Å². The van der Waals surface area contributed by atoms with Crippen molar-refractivity contribution < 1.29 is 28.2 Å². The quantitative estimate of drug-likeness (QED) is 0.707. The number of likely N-dealkylation sites (tertiary alicyclic amines) is 1. The van der Waals surface area contributed by atoms with Gasteiger partial charge in [-0.15, -0.1) is 0 Å². The number of fused-ring (bicyclic) bond motifs is 1. The zero-order valence-corrected chi connectivity index (χ0v) is 18.0. The first-order valence-corrected chi connectivity index (χ1v) is 10.8. The minimum absolute atomic E-state index is 0.137. The number of anilines is 1. The topological polar surface area (TPSA) is 107 Å². The van der Waals surface area contributed by atoms with E-state index in [1.54, 1.807) is 56.0 Å². The van der Waals surface area contributed by atoms with Crippen LogP contribution in [0.4, 0.5) is 10.5 Å². The summed E-state index contributed by atoms with van der Waals surface area (Å²) in [5.74, 6) is -1.06. The maximum absolute atomic E-state index is 12.3. The summed E-state index contributed by atoms with van der Waals surface area (Å²) in [6.45, 7) is 6.22. The second kappa shape index (κ2) is 8.61. The lowest BCUT2D eigenvalue weighted by molar-refractivity contribution is 0.0207. The highest BCUT2D eigenvalue weighted by Crippen LogP contribution is 2.34. The van der Waals surface area contributed by atoms with E-state index in [1.165, 1.54) is 10.4 Å². The van der Waals surface area contributed by atoms with E-state index in [4.69, 9.17) is 4.74 Å². The number of nitrogens with zero attached hydrogens (tertiary/aromatic N) is 2. The molecule has 162 valence electrons. The summed E-state index contributed by atoms with van der Waals surface area (Å²) in [7, 11) is 0. The van der Waals surface area contributed by atoms with Gasteiger partial charge < -0.3 is 14.7 Å². The van der Waals surface area contributed by atoms with Crippen LogP contribution in [-0.4, -0.2) is 55.6 Å². The molecule has 1 amide bonds. The van der Waals surface area contributed by atoms with Gasteiger partial charge in [-0.25, -0.2) is 13.8 Å². The highest BCUT2D eigenvalue weighted by molar-refractivity contribution is 7.80. The van der Waals surface area contributed by atoms with Crippen molar-refractivity contribution in [1.82, 2.24) is 4.90 Å². The first kappa shape index (κ1) is 22.0. The van der Waals surface area contributed by atoms with E-state index in [0.29, 0.717) is 42.4 Å². The van der Waals surface area contributed by atoms with Gasteiger partial charge in [-0.2, -0.15) is 0 Å². The van der Waals surface area contributed by atoms with E-state index in [-0.39, 0.29) is 11.6 Å². The third-order valence-electron chi connectivity index (χ3n) is 4.98. The number of aromatic carboxylic acids is 1. The van der Waals surface area contributed by atoms with Crippen LogP contribution in [0.15, 0.2) is 36.4 Å². The number of amides is 1. The molecule has 1 saturated heterocycles. The summed E-state index contributed by atoms with van der Waals surface area (Å²) in [5.41, 5.74) is 0.0436. The third-order valence-corrected chi connectivity index (χ3v) is 5.82. The maximum atomic E-state index is 12.3. The van der Waals surface area contributed by atoms with Crippen molar-refractivity contribution in [3.05, 3.63) is 42.0 Å². The number of carbonyl (C=O) groups excluding carboxylic acids is 1. The molecule has 1 unspecified atom stereocenters. The fraction of sp³-hybridized carbons (Fsp3) is 0.429. The first-order valence-electron chi connectivity index (χ1n) is 9.71. The Bertz CT molecular complexity index is 979. The molecule has 0 aromatic heterocycles. The minimum Gasteiger partial charge on any atom is -0.478 e. The van der Waals surface area contributed by atoms with Gasteiger partial charge in [0.15, 0.2) is 0 Å². The van der Waals surface area contributed by atoms with Crippen molar-refractivity contribution in [2.75, 3.05) is 17.4 Å². The number of carboxylic acid groups (broad SMARTS) is 1. The van der Waals surface area contributed by atoms with Gasteiger partial charge >= 0.3 is 12.1 Å². The van der Waals surface area contributed by atoms with E-state index in [2.05, 4.69) is 0 Å². The molecule has 30 heavy (non-hydrogen) atoms. The predicted molar refractivity (Wildman–Crippen MR) is 115 cm³/mol. The van der Waals surface area contributed by atoms with Gasteiger partial charge in [0.1, 0.15) is 5.60 Å². The van der Waals surface area contributed by atoms with E-state index in [1.807, 2.05) is 0 Å². The number of benzene rings is 2. The van der Waals surface area contributed by atoms with E-state index in [9.17, 15) is 23.5 Å². The highest BCUT2D eigenvalue weighted by Gasteiger charge is 2.32. The Morgan fingerprint density at radius 1 is 1.10 bits per heavy atom. The molecular weight excluding hydrogens is 408 g/mol. The molecule has 2 aromatic carbocycles. The van der Waals surface area contributed by atoms with Gasteiger partial charge in [0.25, 0.3) is 11.3 Å². The standard InChI is InChI=1S/C21H26N2O6S/c1-21(2,3)29-20(26)22-12-10-14(11-13-22)23(30(27)28)18-9-8-17(19(24)25)15-6-4-5-7-16(15)18/h4-9,14H,10-13H2,1-3H3,(H,24,25)(H,27,28). The van der Waals surface area contributed by atoms with Gasteiger partial charge in [0, 0.05) is 24.5 Å². The van der Waals surface area contributed by atoms with Gasteiger partial charge in [0.05, 0.1) is 11.3 Å². The van der Waals surface area contributed by atoms with Crippen LogP contribution in [0, 0.1) is 0 Å². The normalized spacial score (nSPS) is 16.3. The fourth-order valence-corrected chi connectivity index (χ4v) is 4.47. The summed E-state index contributed by atoms with van der Waals surface area (Å²) >= 11 is -2.31. The molecule has 2 N–H and O–H groups in total. The predicted octanol–water partition coefficient (Wildman–Crippen LogP) is 3.88. The lowest BCUT2D eigenvalue weighted by atomic mass is 10.0. The highest BCUT2D eigenvalue weighted by atomic mass is 32.2. The molecule has 0 saturated carbocycles. The molecule has 1 atom stereocenters. The lowest BCUT2D eigenvalue weighted by Crippen LogP contribution is -2.48. The average molecular weight is 435 g/mol. The van der Waals surface area contributed by atoms with Crippen molar-refractivity contribution in [1.29, 1.82) is 0 Å². The third kappa shape index (κ3) is 4.73. The smallest absolute Gasteiger partial charge is 0.410 e. The first-order chi connectivity index (χ1) is 14.1. The number of ether oxygens (including phenoxy) is 1. The van der Waals surface area contributed by atoms with Crippen molar-refractivity contribution >= 4 is 39.8 Å². The molecule has 2 aromatic rings. The molecule has 1 fully saturated rings. The van der Waals surface area contributed by atoms with Crippen LogP contribution in [0.2, 0.25) is 0 Å². The molecule has 8 nitrogen and oxygen atoms in total. The molecule has 1 heterocycles. The number of rotatable bonds is 4. The second-order valence-corrected chi connectivity index (χ2v) is 9.09. The molecule has 0 spiro atoms. The maximum Gasteiger partial charge on any atom is 0.410 e. The second-order valence-electron chi connectivity index (χ2n) is 8.24. The van der Waals surface area contributed by atoms with Crippen LogP contribution in [-0.2, 0) is 16.0 Å². The van der Waals surface area contributed by atoms with Crippen LogP contribution in [0.5, 0.6) is 0 Å². The number of carbonyl (C=O) groups is 2. The Hall–Kier alpha value is -2.65. The lowest BCUT2D eigenvalue weighted by Gasteiger charge is -2.38. The fourth-order valence-electron chi connectivity index (χ4n) is 3.68. The SMILES string of the molecule is CC(C)(C)OC(=O)N1CCC(N(c2ccc(C(=O)O)c3ccccc23)S(=O)O)CC1. The van der Waals surface area contributed by atoms with E-state index in [0.717, 1.165) is 0 Å². The Balaban J connectivity index is 1.87. The summed E-state index contributed by atoms with van der Waals surface area (Å²) < 4.78 is 29.2. The molecule has 0 aliphatic carbocycles. The van der Waals surface area contributed by atoms with Crippen LogP contribution < -0.4 is 4.31 Å². The Kier molecular flexibility index (Phi) is 6.33.